The minimum atomic E-state index is 0.304. The molecule has 6 rings (SSSR count). The average molecular weight is 842 g/mol. The summed E-state index contributed by atoms with van der Waals surface area (Å²) in [4.78, 5) is 24.1. The summed E-state index contributed by atoms with van der Waals surface area (Å²) in [5, 5.41) is 52.4. The van der Waals surface area contributed by atoms with Crippen molar-refractivity contribution in [2.45, 2.75) is 48.0 Å². The van der Waals surface area contributed by atoms with E-state index in [4.69, 9.17) is 15.8 Å². The molecule has 0 atom stereocenters. The molecule has 0 aliphatic rings. The summed E-state index contributed by atoms with van der Waals surface area (Å²) in [6.45, 7) is 5.71. The molecule has 0 N–H and O–H groups in total. The number of nitrogens with zero attached hydrogens (tertiary/aromatic N) is 15. The Hall–Kier alpha value is -3.77. The van der Waals surface area contributed by atoms with Crippen LogP contribution in [0.2, 0.25) is 0 Å². The summed E-state index contributed by atoms with van der Waals surface area (Å²) in [6.07, 6.45) is 12.9. The van der Waals surface area contributed by atoms with Crippen LogP contribution in [-0.4, -0.2) is 78.3 Å². The van der Waals surface area contributed by atoms with Gasteiger partial charge in [-0.25, -0.2) is 29.9 Å². The van der Waals surface area contributed by atoms with Gasteiger partial charge in [-0.1, -0.05) is 82.3 Å². The van der Waals surface area contributed by atoms with Crippen molar-refractivity contribution < 1.29 is 0 Å². The maximum atomic E-state index is 8.90. The van der Waals surface area contributed by atoms with E-state index in [0.717, 1.165) is 37.5 Å². The van der Waals surface area contributed by atoms with Gasteiger partial charge < -0.3 is 0 Å². The largest absolute Gasteiger partial charge is 0.245 e. The first-order chi connectivity index (χ1) is 25.0. The van der Waals surface area contributed by atoms with E-state index in [-0.39, 0.29) is 0 Å². The van der Waals surface area contributed by atoms with E-state index in [1.54, 1.807) is 53.9 Å². The first kappa shape index (κ1) is 40.0. The van der Waals surface area contributed by atoms with Crippen molar-refractivity contribution in [2.24, 2.45) is 0 Å². The monoisotopic (exact) mass is 841 g/mol. The summed E-state index contributed by atoms with van der Waals surface area (Å²) in [5.41, 5.74) is 0.934. The van der Waals surface area contributed by atoms with Gasteiger partial charge in [0, 0.05) is 42.9 Å². The smallest absolute Gasteiger partial charge is 0.181 e. The molecule has 0 bridgehead atoms. The molecule has 256 valence electrons. The molecule has 0 spiro atoms. The summed E-state index contributed by atoms with van der Waals surface area (Å²) in [5.74, 6) is 1.77. The maximum Gasteiger partial charge on any atom is 0.181 e. The predicted octanol–water partition coefficient (Wildman–Crippen LogP) is 7.16. The molecule has 6 aromatic rings. The van der Waals surface area contributed by atoms with E-state index >= 15 is 0 Å². The number of aromatic nitrogens is 12. The molecule has 0 aromatic carbocycles. The molecule has 51 heavy (non-hydrogen) atoms. The highest BCUT2D eigenvalue weighted by Gasteiger charge is 2.13. The fourth-order valence-corrected chi connectivity index (χ4v) is 10.7. The molecule has 6 heterocycles. The van der Waals surface area contributed by atoms with E-state index in [0.29, 0.717) is 32.2 Å². The van der Waals surface area contributed by atoms with Crippen LogP contribution in [0.3, 0.4) is 0 Å². The number of hydrogen-bond acceptors (Lipinski definition) is 24. The molecular weight excluding hydrogens is 823 g/mol. The third-order valence-electron chi connectivity index (χ3n) is 4.79. The van der Waals surface area contributed by atoms with Crippen LogP contribution < -0.4 is 0 Å². The van der Waals surface area contributed by atoms with Crippen LogP contribution in [0.4, 0.5) is 0 Å². The highest BCUT2D eigenvalue weighted by atomic mass is 32.2. The van der Waals surface area contributed by atoms with Crippen molar-refractivity contribution in [1.82, 2.24) is 60.5 Å². The first-order valence-electron chi connectivity index (χ1n) is 13.6. The maximum absolute atomic E-state index is 8.90. The molecule has 0 fully saturated rings. The fourth-order valence-electron chi connectivity index (χ4n) is 2.85. The average Bonchev–Trinajstić information content (AvgIpc) is 3.94. The van der Waals surface area contributed by atoms with Gasteiger partial charge in [-0.05, 0) is 47.3 Å². The van der Waals surface area contributed by atoms with E-state index in [2.05, 4.69) is 74.0 Å². The van der Waals surface area contributed by atoms with Crippen LogP contribution in [0.5, 0.6) is 0 Å². The molecule has 6 aromatic heterocycles. The van der Waals surface area contributed by atoms with Crippen molar-refractivity contribution in [3.8, 4) is 18.2 Å². The van der Waals surface area contributed by atoms with Crippen LogP contribution in [0, 0.1) is 34.0 Å². The molecule has 0 saturated carbocycles. The SMILES string of the molecule is C=CCSc1nnc(Sc2nccnc2C#N)s1.CCSc1nnc(Sc2nccnc2C#N)s1.CSc1nnc(Sc2nccnc2C#N)s1. The molecule has 0 amide bonds. The highest BCUT2D eigenvalue weighted by molar-refractivity contribution is 8.04. The lowest BCUT2D eigenvalue weighted by Gasteiger charge is -1.96. The lowest BCUT2D eigenvalue weighted by Crippen LogP contribution is -1.89. The normalized spacial score (nSPS) is 10.0. The van der Waals surface area contributed by atoms with Crippen LogP contribution in [-0.2, 0) is 0 Å². The van der Waals surface area contributed by atoms with Crippen molar-refractivity contribution in [2.75, 3.05) is 17.8 Å². The molecular formula is C27H19N15S9. The lowest BCUT2D eigenvalue weighted by molar-refractivity contribution is 0.949. The summed E-state index contributed by atoms with van der Waals surface area (Å²) < 4.78 is 4.99. The zero-order chi connectivity index (χ0) is 36.3. The van der Waals surface area contributed by atoms with Gasteiger partial charge in [-0.3, -0.25) is 0 Å². The molecule has 15 nitrogen and oxygen atoms in total. The van der Waals surface area contributed by atoms with Crippen molar-refractivity contribution in [3.63, 3.8) is 0 Å². The number of thioether (sulfide) groups is 3. The summed E-state index contributed by atoms with van der Waals surface area (Å²) in [7, 11) is 0. The minimum Gasteiger partial charge on any atom is -0.245 e. The molecule has 0 radical (unpaired) electrons. The Kier molecular flexibility index (Phi) is 17.4. The summed E-state index contributed by atoms with van der Waals surface area (Å²) in [6, 6.07) is 6.00. The number of hydrogen-bond donors (Lipinski definition) is 0. The van der Waals surface area contributed by atoms with E-state index < -0.39 is 0 Å². The second kappa shape index (κ2) is 22.2. The standard InChI is InChI=1S/C10H7N5S3.C9H7N5S3.C8H5N5S3/c1-2-5-16-9-14-15-10(18-9)17-8-7(6-11)12-3-4-13-8;1-2-15-8-13-14-9(17-8)16-7-6(5-10)11-3-4-12-7;1-14-7-12-13-8(16-7)15-6-5(4-9)10-2-3-11-6/h2-4H,1,5H2;3-4H,2H2,1H3;2-3H,1H3. The Morgan fingerprint density at radius 2 is 0.922 bits per heavy atom. The second-order valence-electron chi connectivity index (χ2n) is 8.01. The van der Waals surface area contributed by atoms with Gasteiger partial charge in [-0.2, -0.15) is 15.8 Å². The van der Waals surface area contributed by atoms with Gasteiger partial charge in [0.05, 0.1) is 0 Å². The summed E-state index contributed by atoms with van der Waals surface area (Å²) >= 11 is 13.1. The molecule has 0 saturated heterocycles. The quantitative estimate of drug-likeness (QED) is 0.0879. The third-order valence-corrected chi connectivity index (χ3v) is 13.8. The van der Waals surface area contributed by atoms with Gasteiger partial charge in [0.1, 0.15) is 33.3 Å². The number of rotatable bonds is 12. The topological polar surface area (TPSA) is 226 Å². The first-order valence-corrected chi connectivity index (χ1v) is 21.7. The molecule has 24 heteroatoms. The Labute approximate surface area is 329 Å². The van der Waals surface area contributed by atoms with E-state index in [9.17, 15) is 0 Å². The zero-order valence-electron chi connectivity index (χ0n) is 26.0. The molecule has 0 aliphatic carbocycles. The number of nitriles is 3. The van der Waals surface area contributed by atoms with Gasteiger partial charge in [0.25, 0.3) is 0 Å². The Morgan fingerprint density at radius 1 is 0.569 bits per heavy atom. The van der Waals surface area contributed by atoms with Crippen molar-refractivity contribution in [1.29, 1.82) is 15.8 Å². The highest BCUT2D eigenvalue weighted by Crippen LogP contribution is 2.35. The van der Waals surface area contributed by atoms with Crippen LogP contribution >= 0.6 is 105 Å². The Bertz CT molecular complexity index is 2150. The van der Waals surface area contributed by atoms with Crippen molar-refractivity contribution >= 4 is 105 Å². The van der Waals surface area contributed by atoms with Crippen molar-refractivity contribution in [3.05, 3.63) is 66.9 Å². The molecule has 0 aliphatic heterocycles. The van der Waals surface area contributed by atoms with Gasteiger partial charge in [-0.15, -0.1) is 37.2 Å². The second-order valence-corrected chi connectivity index (χ2v) is 18.5. The Morgan fingerprint density at radius 3 is 1.27 bits per heavy atom. The Balaban J connectivity index is 0.000000172. The van der Waals surface area contributed by atoms with E-state index in [1.165, 1.54) is 87.9 Å². The zero-order valence-corrected chi connectivity index (χ0v) is 33.4. The molecule has 0 unspecified atom stereocenters. The van der Waals surface area contributed by atoms with Gasteiger partial charge in [0.15, 0.2) is 43.1 Å². The van der Waals surface area contributed by atoms with Crippen LogP contribution in [0.15, 0.2) is 91.0 Å². The predicted molar refractivity (Wildman–Crippen MR) is 201 cm³/mol. The van der Waals surface area contributed by atoms with Gasteiger partial charge >= 0.3 is 0 Å². The third kappa shape index (κ3) is 13.1. The van der Waals surface area contributed by atoms with Gasteiger partial charge in [0.2, 0.25) is 0 Å². The minimum absolute atomic E-state index is 0.304. The lowest BCUT2D eigenvalue weighted by atomic mass is 10.5. The van der Waals surface area contributed by atoms with E-state index in [1.807, 2.05) is 30.5 Å². The van der Waals surface area contributed by atoms with Crippen LogP contribution in [0.1, 0.15) is 24.0 Å². The fraction of sp³-hybridized carbons (Fsp3) is 0.148. The van der Waals surface area contributed by atoms with Crippen LogP contribution in [0.25, 0.3) is 0 Å².